The van der Waals surface area contributed by atoms with Gasteiger partial charge in [-0.1, -0.05) is 18.2 Å². The number of benzene rings is 2. The molecule has 3 rings (SSSR count). The first kappa shape index (κ1) is 21.7. The topological polar surface area (TPSA) is 56.7 Å². The highest BCUT2D eigenvalue weighted by molar-refractivity contribution is 5.94. The minimum Gasteiger partial charge on any atom is -0.357 e. The molecule has 0 heterocycles. The van der Waals surface area contributed by atoms with Gasteiger partial charge in [0.15, 0.2) is 5.96 Å². The first-order valence-corrected chi connectivity index (χ1v) is 10.2. The zero-order valence-electron chi connectivity index (χ0n) is 17.6. The fourth-order valence-corrected chi connectivity index (χ4v) is 3.45. The van der Waals surface area contributed by atoms with Crippen molar-refractivity contribution in [2.75, 3.05) is 27.2 Å². The summed E-state index contributed by atoms with van der Waals surface area (Å²) < 4.78 is 28.0. The van der Waals surface area contributed by atoms with Gasteiger partial charge in [-0.05, 0) is 49.6 Å². The molecule has 2 aromatic carbocycles. The molecule has 2 unspecified atom stereocenters. The number of nitrogens with one attached hydrogen (secondary N) is 2. The lowest BCUT2D eigenvalue weighted by Crippen LogP contribution is -2.39. The molecule has 0 aromatic heterocycles. The summed E-state index contributed by atoms with van der Waals surface area (Å²) in [6.45, 7) is 3.18. The molecule has 0 aliphatic heterocycles. The van der Waals surface area contributed by atoms with Gasteiger partial charge in [-0.2, -0.15) is 0 Å². The van der Waals surface area contributed by atoms with Crippen LogP contribution in [0.5, 0.6) is 0 Å². The van der Waals surface area contributed by atoms with Crippen LogP contribution in [0.3, 0.4) is 0 Å². The molecule has 160 valence electrons. The maximum absolute atomic E-state index is 14.0. The van der Waals surface area contributed by atoms with Gasteiger partial charge in [0.25, 0.3) is 5.91 Å². The monoisotopic (exact) mass is 414 g/mol. The molecular formula is C23H28F2N4O. The van der Waals surface area contributed by atoms with E-state index < -0.39 is 11.6 Å². The largest absolute Gasteiger partial charge is 0.357 e. The summed E-state index contributed by atoms with van der Waals surface area (Å²) in [7, 11) is 3.46. The van der Waals surface area contributed by atoms with E-state index in [1.807, 2.05) is 25.1 Å². The summed E-state index contributed by atoms with van der Waals surface area (Å²) in [6, 6.07) is 11.5. The minimum atomic E-state index is -0.501. The second kappa shape index (κ2) is 9.69. The van der Waals surface area contributed by atoms with Crippen LogP contribution in [0.2, 0.25) is 0 Å². The van der Waals surface area contributed by atoms with Crippen molar-refractivity contribution in [2.24, 2.45) is 4.99 Å². The Hall–Kier alpha value is -2.96. The van der Waals surface area contributed by atoms with Crippen LogP contribution in [-0.4, -0.2) is 50.0 Å². The second-order valence-corrected chi connectivity index (χ2v) is 7.64. The van der Waals surface area contributed by atoms with E-state index in [0.29, 0.717) is 37.5 Å². The summed E-state index contributed by atoms with van der Waals surface area (Å²) in [4.78, 5) is 18.2. The van der Waals surface area contributed by atoms with Gasteiger partial charge in [0, 0.05) is 50.3 Å². The van der Waals surface area contributed by atoms with Crippen LogP contribution in [0.1, 0.15) is 40.7 Å². The van der Waals surface area contributed by atoms with Gasteiger partial charge in [0.1, 0.15) is 11.6 Å². The number of amides is 1. The maximum Gasteiger partial charge on any atom is 0.253 e. The van der Waals surface area contributed by atoms with Gasteiger partial charge in [0.05, 0.1) is 0 Å². The summed E-state index contributed by atoms with van der Waals surface area (Å²) in [5.41, 5.74) is 1.83. The van der Waals surface area contributed by atoms with E-state index >= 15 is 0 Å². The molecule has 2 atom stereocenters. The van der Waals surface area contributed by atoms with Gasteiger partial charge in [-0.3, -0.25) is 9.79 Å². The molecule has 2 N–H and O–H groups in total. The quantitative estimate of drug-likeness (QED) is 0.540. The van der Waals surface area contributed by atoms with E-state index in [-0.39, 0.29) is 23.4 Å². The lowest BCUT2D eigenvalue weighted by atomic mass is 10.1. The third-order valence-corrected chi connectivity index (χ3v) is 5.08. The normalized spacial score (nSPS) is 18.1. The SMILES string of the molecule is CCNC(=NCCc1cccc(C(=O)N(C)C)c1)NC1CC1c1c(F)cccc1F. The van der Waals surface area contributed by atoms with Crippen molar-refractivity contribution >= 4 is 11.9 Å². The number of hydrogen-bond acceptors (Lipinski definition) is 2. The van der Waals surface area contributed by atoms with Gasteiger partial charge in [-0.25, -0.2) is 8.78 Å². The fraction of sp³-hybridized carbons (Fsp3) is 0.391. The Morgan fingerprint density at radius 2 is 1.87 bits per heavy atom. The predicted molar refractivity (Wildman–Crippen MR) is 115 cm³/mol. The molecule has 0 saturated heterocycles. The van der Waals surface area contributed by atoms with Gasteiger partial charge in [0.2, 0.25) is 0 Å². The van der Waals surface area contributed by atoms with Crippen molar-refractivity contribution in [1.82, 2.24) is 15.5 Å². The Balaban J connectivity index is 1.60. The molecule has 0 bridgehead atoms. The molecule has 1 aliphatic carbocycles. The summed E-state index contributed by atoms with van der Waals surface area (Å²) in [5.74, 6) is -0.599. The van der Waals surface area contributed by atoms with Crippen LogP contribution in [0.15, 0.2) is 47.5 Å². The second-order valence-electron chi connectivity index (χ2n) is 7.64. The first-order valence-electron chi connectivity index (χ1n) is 10.2. The summed E-state index contributed by atoms with van der Waals surface area (Å²) in [6.07, 6.45) is 1.35. The lowest BCUT2D eigenvalue weighted by molar-refractivity contribution is 0.0827. The Labute approximate surface area is 176 Å². The van der Waals surface area contributed by atoms with Crippen molar-refractivity contribution in [3.8, 4) is 0 Å². The molecular weight excluding hydrogens is 386 g/mol. The fourth-order valence-electron chi connectivity index (χ4n) is 3.45. The standard InChI is InChI=1S/C23H28F2N4O/c1-4-26-23(28-20-14-17(20)21-18(24)9-6-10-19(21)25)27-12-11-15-7-5-8-16(13-15)22(30)29(2)3/h5-10,13,17,20H,4,11-12,14H2,1-3H3,(H2,26,27,28). The van der Waals surface area contributed by atoms with Crippen molar-refractivity contribution in [3.05, 3.63) is 70.8 Å². The molecule has 0 radical (unpaired) electrons. The zero-order chi connectivity index (χ0) is 21.7. The summed E-state index contributed by atoms with van der Waals surface area (Å²) >= 11 is 0. The number of aliphatic imine (C=N–C) groups is 1. The smallest absolute Gasteiger partial charge is 0.253 e. The van der Waals surface area contributed by atoms with E-state index in [9.17, 15) is 13.6 Å². The Morgan fingerprint density at radius 1 is 1.17 bits per heavy atom. The minimum absolute atomic E-state index is 0.0319. The molecule has 5 nitrogen and oxygen atoms in total. The van der Waals surface area contributed by atoms with Crippen LogP contribution in [0.25, 0.3) is 0 Å². The maximum atomic E-state index is 14.0. The van der Waals surface area contributed by atoms with E-state index in [2.05, 4.69) is 15.6 Å². The zero-order valence-corrected chi connectivity index (χ0v) is 17.6. The Morgan fingerprint density at radius 3 is 2.53 bits per heavy atom. The third-order valence-electron chi connectivity index (χ3n) is 5.08. The number of carbonyl (C=O) groups is 1. The number of carbonyl (C=O) groups excluding carboxylic acids is 1. The molecule has 1 saturated carbocycles. The average molecular weight is 415 g/mol. The highest BCUT2D eigenvalue weighted by Crippen LogP contribution is 2.43. The van der Waals surface area contributed by atoms with Crippen molar-refractivity contribution in [2.45, 2.75) is 31.7 Å². The number of guanidine groups is 1. The highest BCUT2D eigenvalue weighted by Gasteiger charge is 2.42. The number of nitrogens with zero attached hydrogens (tertiary/aromatic N) is 2. The number of halogens is 2. The summed E-state index contributed by atoms with van der Waals surface area (Å²) in [5, 5.41) is 6.45. The number of rotatable bonds is 7. The molecule has 0 spiro atoms. The van der Waals surface area contributed by atoms with E-state index in [1.54, 1.807) is 25.1 Å². The van der Waals surface area contributed by atoms with Crippen molar-refractivity contribution in [1.29, 1.82) is 0 Å². The van der Waals surface area contributed by atoms with Crippen LogP contribution in [0.4, 0.5) is 8.78 Å². The number of hydrogen-bond donors (Lipinski definition) is 2. The molecule has 2 aromatic rings. The lowest BCUT2D eigenvalue weighted by Gasteiger charge is -2.12. The van der Waals surface area contributed by atoms with Crippen LogP contribution in [0, 0.1) is 11.6 Å². The van der Waals surface area contributed by atoms with Crippen molar-refractivity contribution < 1.29 is 13.6 Å². The molecule has 1 fully saturated rings. The van der Waals surface area contributed by atoms with Gasteiger partial charge < -0.3 is 15.5 Å². The Bertz CT molecular complexity index is 909. The van der Waals surface area contributed by atoms with Gasteiger partial charge in [-0.15, -0.1) is 0 Å². The molecule has 30 heavy (non-hydrogen) atoms. The van der Waals surface area contributed by atoms with Crippen LogP contribution < -0.4 is 10.6 Å². The predicted octanol–water partition coefficient (Wildman–Crippen LogP) is 3.32. The van der Waals surface area contributed by atoms with E-state index in [4.69, 9.17) is 0 Å². The van der Waals surface area contributed by atoms with Crippen LogP contribution in [-0.2, 0) is 6.42 Å². The Kier molecular flexibility index (Phi) is 7.03. The molecule has 1 amide bonds. The third kappa shape index (κ3) is 5.34. The molecule has 1 aliphatic rings. The van der Waals surface area contributed by atoms with E-state index in [1.165, 1.54) is 18.2 Å². The van der Waals surface area contributed by atoms with Crippen molar-refractivity contribution in [3.63, 3.8) is 0 Å². The van der Waals surface area contributed by atoms with Crippen LogP contribution >= 0.6 is 0 Å². The average Bonchev–Trinajstić information content (AvgIpc) is 3.46. The van der Waals surface area contributed by atoms with Gasteiger partial charge >= 0.3 is 0 Å². The first-order chi connectivity index (χ1) is 14.4. The molecule has 7 heteroatoms. The van der Waals surface area contributed by atoms with E-state index in [0.717, 1.165) is 5.56 Å². The highest BCUT2D eigenvalue weighted by atomic mass is 19.1.